The molecule has 144 valence electrons. The average Bonchev–Trinajstić information content (AvgIpc) is 2.57. The summed E-state index contributed by atoms with van der Waals surface area (Å²) in [6.45, 7) is 11.8. The molecule has 0 aliphatic heterocycles. The topological polar surface area (TPSA) is 6.48 Å². The van der Waals surface area contributed by atoms with E-state index in [4.69, 9.17) is 0 Å². The van der Waals surface area contributed by atoms with Gasteiger partial charge in [-0.2, -0.15) is 0 Å². The zero-order valence-corrected chi connectivity index (χ0v) is 17.4. The van der Waals surface area contributed by atoms with Crippen LogP contribution in [0.1, 0.15) is 97.8 Å². The van der Waals surface area contributed by atoms with Gasteiger partial charge in [0.2, 0.25) is 0 Å². The van der Waals surface area contributed by atoms with Gasteiger partial charge in [0.25, 0.3) is 0 Å². The molecule has 24 heavy (non-hydrogen) atoms. The SMILES string of the molecule is CCCCCCCCCC/C=C/N(C)CCCN(CCC)CCC. The fourth-order valence-electron chi connectivity index (χ4n) is 3.24. The summed E-state index contributed by atoms with van der Waals surface area (Å²) in [5.74, 6) is 0. The first-order valence-electron chi connectivity index (χ1n) is 10.8. The van der Waals surface area contributed by atoms with Crippen molar-refractivity contribution in [1.29, 1.82) is 0 Å². The Balaban J connectivity index is 3.49. The Morgan fingerprint density at radius 1 is 0.583 bits per heavy atom. The van der Waals surface area contributed by atoms with E-state index in [0.717, 1.165) is 0 Å². The zero-order valence-electron chi connectivity index (χ0n) is 17.4. The van der Waals surface area contributed by atoms with Crippen LogP contribution in [0.5, 0.6) is 0 Å². The first-order chi connectivity index (χ1) is 11.7. The molecule has 0 radical (unpaired) electrons. The maximum atomic E-state index is 2.61. The smallest absolute Gasteiger partial charge is 0.0181 e. The molecule has 0 unspecified atom stereocenters. The summed E-state index contributed by atoms with van der Waals surface area (Å²) in [7, 11) is 2.22. The molecule has 0 aromatic carbocycles. The lowest BCUT2D eigenvalue weighted by Crippen LogP contribution is -2.28. The van der Waals surface area contributed by atoms with Gasteiger partial charge in [0.15, 0.2) is 0 Å². The zero-order chi connectivity index (χ0) is 17.9. The number of hydrogen-bond acceptors (Lipinski definition) is 2. The third-order valence-electron chi connectivity index (χ3n) is 4.65. The molecule has 0 amide bonds. The Morgan fingerprint density at radius 3 is 1.75 bits per heavy atom. The summed E-state index contributed by atoms with van der Waals surface area (Å²) >= 11 is 0. The predicted octanol–water partition coefficient (Wildman–Crippen LogP) is 6.47. The van der Waals surface area contributed by atoms with Crippen molar-refractivity contribution >= 4 is 0 Å². The van der Waals surface area contributed by atoms with E-state index in [-0.39, 0.29) is 0 Å². The number of allylic oxidation sites excluding steroid dienone is 1. The highest BCUT2D eigenvalue weighted by molar-refractivity contribution is 4.80. The molecule has 0 rings (SSSR count). The molecule has 0 aromatic heterocycles. The normalized spacial score (nSPS) is 11.7. The minimum Gasteiger partial charge on any atom is -0.381 e. The number of hydrogen-bond donors (Lipinski definition) is 0. The highest BCUT2D eigenvalue weighted by Gasteiger charge is 2.02. The van der Waals surface area contributed by atoms with Crippen molar-refractivity contribution in [1.82, 2.24) is 9.80 Å². The van der Waals surface area contributed by atoms with Gasteiger partial charge in [-0.05, 0) is 57.9 Å². The van der Waals surface area contributed by atoms with Crippen LogP contribution in [0.25, 0.3) is 0 Å². The molecule has 0 aromatic rings. The molecule has 2 nitrogen and oxygen atoms in total. The largest absolute Gasteiger partial charge is 0.381 e. The summed E-state index contributed by atoms with van der Waals surface area (Å²) < 4.78 is 0. The van der Waals surface area contributed by atoms with E-state index in [1.165, 1.54) is 103 Å². The van der Waals surface area contributed by atoms with Crippen molar-refractivity contribution in [3.63, 3.8) is 0 Å². The highest BCUT2D eigenvalue weighted by atomic mass is 15.1. The summed E-state index contributed by atoms with van der Waals surface area (Å²) in [6, 6.07) is 0. The Kier molecular flexibility index (Phi) is 18.4. The van der Waals surface area contributed by atoms with E-state index < -0.39 is 0 Å². The lowest BCUT2D eigenvalue weighted by Gasteiger charge is -2.22. The van der Waals surface area contributed by atoms with E-state index in [9.17, 15) is 0 Å². The molecule has 0 N–H and O–H groups in total. The van der Waals surface area contributed by atoms with Gasteiger partial charge in [0.1, 0.15) is 0 Å². The van der Waals surface area contributed by atoms with Crippen LogP contribution in [0.2, 0.25) is 0 Å². The second-order valence-electron chi connectivity index (χ2n) is 7.32. The number of unbranched alkanes of at least 4 members (excludes halogenated alkanes) is 8. The van der Waals surface area contributed by atoms with E-state index in [1.54, 1.807) is 0 Å². The minimum absolute atomic E-state index is 1.18. The van der Waals surface area contributed by atoms with Crippen molar-refractivity contribution in [2.24, 2.45) is 0 Å². The third-order valence-corrected chi connectivity index (χ3v) is 4.65. The maximum Gasteiger partial charge on any atom is 0.0181 e. The second kappa shape index (κ2) is 18.8. The Hall–Kier alpha value is -0.500. The van der Waals surface area contributed by atoms with Gasteiger partial charge >= 0.3 is 0 Å². The molecule has 0 saturated heterocycles. The summed E-state index contributed by atoms with van der Waals surface area (Å²) in [6.07, 6.45) is 21.0. The molecule has 0 spiro atoms. The quantitative estimate of drug-likeness (QED) is 0.264. The van der Waals surface area contributed by atoms with E-state index in [2.05, 4.69) is 49.9 Å². The molecule has 0 saturated carbocycles. The molecule has 2 heteroatoms. The molecular weight excluding hydrogens is 292 g/mol. The fraction of sp³-hybridized carbons (Fsp3) is 0.909. The van der Waals surface area contributed by atoms with Crippen molar-refractivity contribution in [2.45, 2.75) is 97.8 Å². The molecule has 0 bridgehead atoms. The molecular formula is C22H46N2. The predicted molar refractivity (Wildman–Crippen MR) is 111 cm³/mol. The molecule has 0 heterocycles. The lowest BCUT2D eigenvalue weighted by molar-refractivity contribution is 0.260. The van der Waals surface area contributed by atoms with E-state index in [0.29, 0.717) is 0 Å². The molecule has 0 atom stereocenters. The van der Waals surface area contributed by atoms with Gasteiger partial charge in [-0.1, -0.05) is 71.8 Å². The highest BCUT2D eigenvalue weighted by Crippen LogP contribution is 2.09. The van der Waals surface area contributed by atoms with Crippen LogP contribution < -0.4 is 0 Å². The summed E-state index contributed by atoms with van der Waals surface area (Å²) in [5.41, 5.74) is 0. The first-order valence-corrected chi connectivity index (χ1v) is 10.8. The Bertz CT molecular complexity index is 257. The summed E-state index contributed by atoms with van der Waals surface area (Å²) in [4.78, 5) is 4.97. The standard InChI is InChI=1S/C22H46N2/c1-5-8-9-10-11-12-13-14-15-16-20-23(4)21-17-22-24(18-6-2)19-7-3/h16,20H,5-15,17-19,21-22H2,1-4H3/b20-16+. The monoisotopic (exact) mass is 338 g/mol. The summed E-state index contributed by atoms with van der Waals surface area (Å²) in [5, 5.41) is 0. The lowest BCUT2D eigenvalue weighted by atomic mass is 10.1. The second-order valence-corrected chi connectivity index (χ2v) is 7.32. The van der Waals surface area contributed by atoms with Crippen molar-refractivity contribution in [2.75, 3.05) is 33.2 Å². The first kappa shape index (κ1) is 23.5. The number of rotatable bonds is 18. The van der Waals surface area contributed by atoms with Crippen LogP contribution in [0.15, 0.2) is 12.3 Å². The van der Waals surface area contributed by atoms with Crippen LogP contribution in [0, 0.1) is 0 Å². The fourth-order valence-corrected chi connectivity index (χ4v) is 3.24. The van der Waals surface area contributed by atoms with Crippen LogP contribution in [0.3, 0.4) is 0 Å². The van der Waals surface area contributed by atoms with Gasteiger partial charge in [-0.15, -0.1) is 0 Å². The third kappa shape index (κ3) is 16.4. The van der Waals surface area contributed by atoms with Crippen LogP contribution in [-0.4, -0.2) is 43.0 Å². The minimum atomic E-state index is 1.18. The maximum absolute atomic E-state index is 2.61. The van der Waals surface area contributed by atoms with Crippen LogP contribution in [0.4, 0.5) is 0 Å². The van der Waals surface area contributed by atoms with Crippen LogP contribution in [-0.2, 0) is 0 Å². The number of nitrogens with zero attached hydrogens (tertiary/aromatic N) is 2. The molecule has 0 aliphatic carbocycles. The Labute approximate surface area is 153 Å². The van der Waals surface area contributed by atoms with Gasteiger partial charge in [-0.25, -0.2) is 0 Å². The van der Waals surface area contributed by atoms with Crippen molar-refractivity contribution < 1.29 is 0 Å². The molecule has 0 fully saturated rings. The van der Waals surface area contributed by atoms with E-state index >= 15 is 0 Å². The van der Waals surface area contributed by atoms with Gasteiger partial charge in [0, 0.05) is 13.6 Å². The van der Waals surface area contributed by atoms with E-state index in [1.807, 2.05) is 0 Å². The average molecular weight is 339 g/mol. The van der Waals surface area contributed by atoms with Gasteiger partial charge < -0.3 is 9.80 Å². The van der Waals surface area contributed by atoms with Gasteiger partial charge in [-0.3, -0.25) is 0 Å². The Morgan fingerprint density at radius 2 is 1.17 bits per heavy atom. The van der Waals surface area contributed by atoms with Crippen LogP contribution >= 0.6 is 0 Å². The van der Waals surface area contributed by atoms with Gasteiger partial charge in [0.05, 0.1) is 0 Å². The molecule has 0 aliphatic rings. The van der Waals surface area contributed by atoms with Crippen molar-refractivity contribution in [3.05, 3.63) is 12.3 Å². The van der Waals surface area contributed by atoms with Crippen molar-refractivity contribution in [3.8, 4) is 0 Å².